The van der Waals surface area contributed by atoms with Crippen LogP contribution in [0, 0.1) is 0 Å². The molecule has 2 unspecified atom stereocenters. The lowest BCUT2D eigenvalue weighted by molar-refractivity contribution is 0.497. The van der Waals surface area contributed by atoms with E-state index in [1.807, 2.05) is 12.3 Å². The van der Waals surface area contributed by atoms with Crippen molar-refractivity contribution in [3.63, 3.8) is 0 Å². The molecule has 2 heteroatoms. The first kappa shape index (κ1) is 7.51. The van der Waals surface area contributed by atoms with Gasteiger partial charge >= 0.3 is 0 Å². The summed E-state index contributed by atoms with van der Waals surface area (Å²) >= 11 is 0. The van der Waals surface area contributed by atoms with E-state index in [1.165, 1.54) is 25.0 Å². The molecule has 13 heavy (non-hydrogen) atoms. The summed E-state index contributed by atoms with van der Waals surface area (Å²) in [5, 5.41) is 3.64. The van der Waals surface area contributed by atoms with Crippen LogP contribution in [0.25, 0.3) is 0 Å². The molecule has 2 nitrogen and oxygen atoms in total. The fourth-order valence-electron chi connectivity index (χ4n) is 2.75. The fourth-order valence-corrected chi connectivity index (χ4v) is 2.75. The van der Waals surface area contributed by atoms with E-state index < -0.39 is 0 Å². The van der Waals surface area contributed by atoms with Crippen molar-refractivity contribution in [2.24, 2.45) is 0 Å². The van der Waals surface area contributed by atoms with E-state index in [-0.39, 0.29) is 0 Å². The molecule has 1 aromatic heterocycles. The summed E-state index contributed by atoms with van der Waals surface area (Å²) in [6.07, 6.45) is 5.91. The standard InChI is InChI=1S/C11H14N2/c1-2-6-12-10(3-1)9-7-8-4-5-11(9)13-8/h1-3,6,8-9,11,13H,4-5,7H2/t8?,9-,11?/m0/s1. The highest BCUT2D eigenvalue weighted by atomic mass is 15.0. The van der Waals surface area contributed by atoms with E-state index in [0.717, 1.165) is 6.04 Å². The fraction of sp³-hybridized carbons (Fsp3) is 0.545. The smallest absolute Gasteiger partial charge is 0.0450 e. The Morgan fingerprint density at radius 2 is 2.31 bits per heavy atom. The van der Waals surface area contributed by atoms with Crippen LogP contribution < -0.4 is 5.32 Å². The zero-order valence-corrected chi connectivity index (χ0v) is 7.61. The maximum Gasteiger partial charge on any atom is 0.0450 e. The van der Waals surface area contributed by atoms with Crippen LogP contribution in [0.3, 0.4) is 0 Å². The van der Waals surface area contributed by atoms with Gasteiger partial charge in [-0.1, -0.05) is 6.07 Å². The third kappa shape index (κ3) is 1.17. The molecule has 2 bridgehead atoms. The minimum atomic E-state index is 0.681. The van der Waals surface area contributed by atoms with Crippen LogP contribution >= 0.6 is 0 Å². The van der Waals surface area contributed by atoms with Crippen molar-refractivity contribution < 1.29 is 0 Å². The maximum absolute atomic E-state index is 4.44. The Kier molecular flexibility index (Phi) is 1.62. The molecule has 2 saturated heterocycles. The van der Waals surface area contributed by atoms with E-state index in [1.54, 1.807) is 0 Å². The molecule has 0 radical (unpaired) electrons. The van der Waals surface area contributed by atoms with Crippen LogP contribution in [0.4, 0.5) is 0 Å². The highest BCUT2D eigenvalue weighted by Gasteiger charge is 2.40. The number of nitrogens with one attached hydrogen (secondary N) is 1. The molecule has 0 spiro atoms. The van der Waals surface area contributed by atoms with Gasteiger partial charge in [-0.15, -0.1) is 0 Å². The average molecular weight is 174 g/mol. The van der Waals surface area contributed by atoms with E-state index in [9.17, 15) is 0 Å². The average Bonchev–Trinajstić information content (AvgIpc) is 2.80. The Labute approximate surface area is 78.4 Å². The Morgan fingerprint density at radius 3 is 2.92 bits per heavy atom. The minimum absolute atomic E-state index is 0.681. The normalized spacial score (nSPS) is 36.8. The van der Waals surface area contributed by atoms with Gasteiger partial charge in [0.15, 0.2) is 0 Å². The van der Waals surface area contributed by atoms with E-state index in [0.29, 0.717) is 12.0 Å². The van der Waals surface area contributed by atoms with Gasteiger partial charge in [-0.2, -0.15) is 0 Å². The minimum Gasteiger partial charge on any atom is -0.311 e. The number of pyridine rings is 1. The summed E-state index contributed by atoms with van der Waals surface area (Å²) in [5.41, 5.74) is 1.28. The summed E-state index contributed by atoms with van der Waals surface area (Å²) in [6.45, 7) is 0. The van der Waals surface area contributed by atoms with Crippen molar-refractivity contribution in [2.45, 2.75) is 37.3 Å². The quantitative estimate of drug-likeness (QED) is 0.700. The van der Waals surface area contributed by atoms with Crippen molar-refractivity contribution in [1.29, 1.82) is 0 Å². The number of aromatic nitrogens is 1. The van der Waals surface area contributed by atoms with Crippen LogP contribution in [-0.4, -0.2) is 17.1 Å². The summed E-state index contributed by atoms with van der Waals surface area (Å²) in [6, 6.07) is 7.72. The zero-order valence-electron chi connectivity index (χ0n) is 7.61. The largest absolute Gasteiger partial charge is 0.311 e. The molecule has 0 amide bonds. The van der Waals surface area contributed by atoms with Crippen LogP contribution in [-0.2, 0) is 0 Å². The number of hydrogen-bond donors (Lipinski definition) is 1. The third-order valence-corrected chi connectivity index (χ3v) is 3.37. The second-order valence-corrected chi connectivity index (χ2v) is 4.14. The van der Waals surface area contributed by atoms with Crippen LogP contribution in [0.1, 0.15) is 30.9 Å². The zero-order chi connectivity index (χ0) is 8.67. The van der Waals surface area contributed by atoms with Crippen LogP contribution in [0.15, 0.2) is 24.4 Å². The monoisotopic (exact) mass is 174 g/mol. The molecule has 0 saturated carbocycles. The van der Waals surface area contributed by atoms with Crippen molar-refractivity contribution in [1.82, 2.24) is 10.3 Å². The van der Waals surface area contributed by atoms with E-state index >= 15 is 0 Å². The van der Waals surface area contributed by atoms with Crippen LogP contribution in [0.5, 0.6) is 0 Å². The molecule has 2 aliphatic heterocycles. The predicted octanol–water partition coefficient (Wildman–Crippen LogP) is 1.69. The lowest BCUT2D eigenvalue weighted by atomic mass is 9.86. The van der Waals surface area contributed by atoms with E-state index in [2.05, 4.69) is 22.4 Å². The number of hydrogen-bond acceptors (Lipinski definition) is 2. The topological polar surface area (TPSA) is 24.9 Å². The molecule has 68 valence electrons. The molecule has 3 atom stereocenters. The summed E-state index contributed by atoms with van der Waals surface area (Å²) in [4.78, 5) is 4.44. The third-order valence-electron chi connectivity index (χ3n) is 3.37. The summed E-state index contributed by atoms with van der Waals surface area (Å²) in [5.74, 6) is 0.681. The van der Waals surface area contributed by atoms with Crippen molar-refractivity contribution in [3.05, 3.63) is 30.1 Å². The summed E-state index contributed by atoms with van der Waals surface area (Å²) < 4.78 is 0. The summed E-state index contributed by atoms with van der Waals surface area (Å²) in [7, 11) is 0. The van der Waals surface area contributed by atoms with Crippen molar-refractivity contribution in [2.75, 3.05) is 0 Å². The number of fused-ring (bicyclic) bond motifs is 2. The predicted molar refractivity (Wildman–Crippen MR) is 51.5 cm³/mol. The van der Waals surface area contributed by atoms with Gasteiger partial charge in [-0.05, 0) is 31.4 Å². The Morgan fingerprint density at radius 1 is 1.31 bits per heavy atom. The Bertz CT molecular complexity index is 296. The van der Waals surface area contributed by atoms with Gasteiger partial charge in [0.2, 0.25) is 0 Å². The van der Waals surface area contributed by atoms with Gasteiger partial charge in [0.05, 0.1) is 0 Å². The van der Waals surface area contributed by atoms with Gasteiger partial charge in [-0.3, -0.25) is 4.98 Å². The SMILES string of the molecule is c1ccc([C@@H]2CC3CCC2N3)nc1. The number of rotatable bonds is 1. The van der Waals surface area contributed by atoms with E-state index in [4.69, 9.17) is 0 Å². The maximum atomic E-state index is 4.44. The van der Waals surface area contributed by atoms with Gasteiger partial charge in [0, 0.05) is 29.9 Å². The molecule has 0 aliphatic carbocycles. The first-order valence-electron chi connectivity index (χ1n) is 5.10. The van der Waals surface area contributed by atoms with Crippen molar-refractivity contribution in [3.8, 4) is 0 Å². The number of nitrogens with zero attached hydrogens (tertiary/aromatic N) is 1. The second-order valence-electron chi connectivity index (χ2n) is 4.14. The highest BCUT2D eigenvalue weighted by Crippen LogP contribution is 2.38. The molecule has 3 heterocycles. The second kappa shape index (κ2) is 2.81. The highest BCUT2D eigenvalue weighted by molar-refractivity contribution is 5.17. The Hall–Kier alpha value is -0.890. The molecular weight excluding hydrogens is 160 g/mol. The van der Waals surface area contributed by atoms with Crippen molar-refractivity contribution >= 4 is 0 Å². The first-order chi connectivity index (χ1) is 6.43. The Balaban J connectivity index is 1.87. The van der Waals surface area contributed by atoms with Gasteiger partial charge in [0.1, 0.15) is 0 Å². The molecular formula is C11H14N2. The molecule has 3 rings (SSSR count). The lowest BCUT2D eigenvalue weighted by Crippen LogP contribution is -2.21. The molecule has 2 fully saturated rings. The molecule has 2 aliphatic rings. The van der Waals surface area contributed by atoms with Gasteiger partial charge < -0.3 is 5.32 Å². The molecule has 1 N–H and O–H groups in total. The van der Waals surface area contributed by atoms with Crippen LogP contribution in [0.2, 0.25) is 0 Å². The molecule has 0 aromatic carbocycles. The molecule has 1 aromatic rings. The lowest BCUT2D eigenvalue weighted by Gasteiger charge is -2.18. The van der Waals surface area contributed by atoms with Gasteiger partial charge in [-0.25, -0.2) is 0 Å². The first-order valence-corrected chi connectivity index (χ1v) is 5.10. The van der Waals surface area contributed by atoms with Gasteiger partial charge in [0.25, 0.3) is 0 Å².